The maximum atomic E-state index is 12.5. The molecule has 31 heavy (non-hydrogen) atoms. The molecule has 2 heterocycles. The maximum absolute atomic E-state index is 12.5. The van der Waals surface area contributed by atoms with Gasteiger partial charge >= 0.3 is 6.09 Å². The second kappa shape index (κ2) is 9.41. The van der Waals surface area contributed by atoms with E-state index in [9.17, 15) is 24.8 Å². The fraction of sp³-hybridized carbons (Fsp3) is 0.190. The lowest BCUT2D eigenvalue weighted by molar-refractivity contribution is -0.118. The van der Waals surface area contributed by atoms with Crippen molar-refractivity contribution in [3.63, 3.8) is 0 Å². The van der Waals surface area contributed by atoms with Crippen molar-refractivity contribution in [3.8, 4) is 17.7 Å². The van der Waals surface area contributed by atoms with Crippen LogP contribution in [0.15, 0.2) is 47.3 Å². The lowest BCUT2D eigenvalue weighted by Gasteiger charge is -2.14. The maximum Gasteiger partial charge on any atom is 0.414 e. The Hall–Kier alpha value is -4.39. The van der Waals surface area contributed by atoms with Crippen LogP contribution in [0.3, 0.4) is 0 Å². The van der Waals surface area contributed by atoms with Gasteiger partial charge in [0.1, 0.15) is 11.6 Å². The number of amides is 2. The summed E-state index contributed by atoms with van der Waals surface area (Å²) in [6.07, 6.45) is -0.940. The van der Waals surface area contributed by atoms with Gasteiger partial charge < -0.3 is 25.0 Å². The van der Waals surface area contributed by atoms with E-state index in [-0.39, 0.29) is 42.1 Å². The molecular formula is C21H19N5O5. The number of carbonyl (C=O) groups excluding carboxylic acids is 2. The molecule has 0 aliphatic carbocycles. The highest BCUT2D eigenvalue weighted by molar-refractivity contribution is 5.90. The summed E-state index contributed by atoms with van der Waals surface area (Å²) in [6, 6.07) is 13.6. The van der Waals surface area contributed by atoms with Crippen LogP contribution in [0.2, 0.25) is 0 Å². The Labute approximate surface area is 176 Å². The molecule has 0 radical (unpaired) electrons. The summed E-state index contributed by atoms with van der Waals surface area (Å²) in [5.41, 5.74) is 0.303. The number of hydrogen-bond acceptors (Lipinski definition) is 7. The Bertz CT molecular complexity index is 1230. The van der Waals surface area contributed by atoms with E-state index >= 15 is 0 Å². The van der Waals surface area contributed by atoms with E-state index in [1.807, 2.05) is 36.4 Å². The monoisotopic (exact) mass is 421 g/mol. The number of benzene rings is 1. The quantitative estimate of drug-likeness (QED) is 0.508. The lowest BCUT2D eigenvalue weighted by Crippen LogP contribution is -2.35. The summed E-state index contributed by atoms with van der Waals surface area (Å²) in [5, 5.41) is 25.4. The van der Waals surface area contributed by atoms with Gasteiger partial charge in [0.25, 0.3) is 11.4 Å². The third-order valence-electron chi connectivity index (χ3n) is 4.33. The second-order valence-electron chi connectivity index (χ2n) is 6.53. The summed E-state index contributed by atoms with van der Waals surface area (Å²) in [5.74, 6) is -1.30. The number of pyridine rings is 2. The first-order valence-electron chi connectivity index (χ1n) is 9.31. The van der Waals surface area contributed by atoms with Crippen molar-refractivity contribution >= 4 is 22.9 Å². The number of nitriles is 1. The molecule has 0 bridgehead atoms. The zero-order valence-electron chi connectivity index (χ0n) is 16.6. The average molecular weight is 421 g/mol. The van der Waals surface area contributed by atoms with Gasteiger partial charge in [-0.05, 0) is 11.6 Å². The third kappa shape index (κ3) is 4.97. The third-order valence-corrected chi connectivity index (χ3v) is 4.33. The van der Waals surface area contributed by atoms with Gasteiger partial charge in [0, 0.05) is 31.5 Å². The molecule has 10 nitrogen and oxygen atoms in total. The number of rotatable bonds is 6. The standard InChI is InChI=1S/C21H19N5O5/c1-13(27)23-9-10-24-21(30)31-20-19(29)18-15(16(11-22)25-20)7-8-17(28)26(18)12-14-5-3-2-4-6-14/h2-8,29H,9-10,12H2,1H3,(H,23,27)(H,24,30). The minimum absolute atomic E-state index is 0.0314. The number of hydrogen-bond donors (Lipinski definition) is 3. The SMILES string of the molecule is CC(=O)NCCNC(=O)Oc1nc(C#N)c2ccc(=O)n(Cc3ccccc3)c2c1O. The van der Waals surface area contributed by atoms with Crippen LogP contribution in [-0.4, -0.2) is 39.7 Å². The highest BCUT2D eigenvalue weighted by Gasteiger charge is 2.20. The summed E-state index contributed by atoms with van der Waals surface area (Å²) in [4.78, 5) is 39.4. The molecule has 1 aromatic carbocycles. The first kappa shape index (κ1) is 21.3. The summed E-state index contributed by atoms with van der Waals surface area (Å²) in [6.45, 7) is 1.73. The van der Waals surface area contributed by atoms with Gasteiger partial charge in [-0.2, -0.15) is 10.2 Å². The Morgan fingerprint density at radius 1 is 1.16 bits per heavy atom. The molecule has 10 heteroatoms. The molecule has 0 atom stereocenters. The average Bonchev–Trinajstić information content (AvgIpc) is 2.75. The first-order chi connectivity index (χ1) is 14.9. The van der Waals surface area contributed by atoms with Crippen LogP contribution in [-0.2, 0) is 11.3 Å². The van der Waals surface area contributed by atoms with E-state index in [1.165, 1.54) is 23.6 Å². The number of carbonyl (C=O) groups is 2. The number of aromatic hydroxyl groups is 1. The fourth-order valence-electron chi connectivity index (χ4n) is 2.95. The van der Waals surface area contributed by atoms with Crippen LogP contribution in [0, 0.1) is 11.3 Å². The largest absolute Gasteiger partial charge is 0.502 e. The van der Waals surface area contributed by atoms with Crippen molar-refractivity contribution < 1.29 is 19.4 Å². The van der Waals surface area contributed by atoms with Gasteiger partial charge in [0.2, 0.25) is 11.7 Å². The second-order valence-corrected chi connectivity index (χ2v) is 6.53. The number of ether oxygens (including phenoxy) is 1. The summed E-state index contributed by atoms with van der Waals surface area (Å²) >= 11 is 0. The van der Waals surface area contributed by atoms with E-state index in [2.05, 4.69) is 15.6 Å². The molecule has 0 aliphatic rings. The molecule has 2 amide bonds. The minimum Gasteiger partial charge on any atom is -0.502 e. The molecule has 3 aromatic rings. The highest BCUT2D eigenvalue weighted by Crippen LogP contribution is 2.34. The molecule has 0 saturated heterocycles. The molecule has 0 saturated carbocycles. The van der Waals surface area contributed by atoms with Gasteiger partial charge in [0.15, 0.2) is 5.69 Å². The fourth-order valence-corrected chi connectivity index (χ4v) is 2.95. The van der Waals surface area contributed by atoms with Crippen LogP contribution >= 0.6 is 0 Å². The predicted molar refractivity (Wildman–Crippen MR) is 111 cm³/mol. The lowest BCUT2D eigenvalue weighted by atomic mass is 10.1. The Morgan fingerprint density at radius 2 is 1.87 bits per heavy atom. The predicted octanol–water partition coefficient (Wildman–Crippen LogP) is 1.25. The van der Waals surface area contributed by atoms with Gasteiger partial charge in [0.05, 0.1) is 6.54 Å². The van der Waals surface area contributed by atoms with Crippen molar-refractivity contribution in [2.45, 2.75) is 13.5 Å². The molecule has 0 fully saturated rings. The van der Waals surface area contributed by atoms with Crippen LogP contribution in [0.1, 0.15) is 18.2 Å². The van der Waals surface area contributed by atoms with E-state index in [0.717, 1.165) is 5.56 Å². The topological polar surface area (TPSA) is 146 Å². The van der Waals surface area contributed by atoms with Crippen molar-refractivity contribution in [2.75, 3.05) is 13.1 Å². The normalized spacial score (nSPS) is 10.3. The van der Waals surface area contributed by atoms with Crippen LogP contribution < -0.4 is 20.9 Å². The molecule has 0 aliphatic heterocycles. The van der Waals surface area contributed by atoms with Gasteiger partial charge in [-0.15, -0.1) is 0 Å². The smallest absolute Gasteiger partial charge is 0.414 e. The summed E-state index contributed by atoms with van der Waals surface area (Å²) < 4.78 is 6.34. The zero-order valence-corrected chi connectivity index (χ0v) is 16.6. The molecule has 158 valence electrons. The van der Waals surface area contributed by atoms with Gasteiger partial charge in [-0.3, -0.25) is 9.59 Å². The zero-order chi connectivity index (χ0) is 22.4. The number of nitrogens with zero attached hydrogens (tertiary/aromatic N) is 3. The number of nitrogens with one attached hydrogen (secondary N) is 2. The molecule has 3 rings (SSSR count). The Morgan fingerprint density at radius 3 is 2.55 bits per heavy atom. The number of fused-ring (bicyclic) bond motifs is 1. The number of aromatic nitrogens is 2. The molecule has 0 unspecified atom stereocenters. The first-order valence-corrected chi connectivity index (χ1v) is 9.31. The van der Waals surface area contributed by atoms with E-state index in [4.69, 9.17) is 4.74 Å². The molecular weight excluding hydrogens is 402 g/mol. The van der Waals surface area contributed by atoms with E-state index in [0.29, 0.717) is 0 Å². The van der Waals surface area contributed by atoms with Gasteiger partial charge in [-0.1, -0.05) is 30.3 Å². The summed E-state index contributed by atoms with van der Waals surface area (Å²) in [7, 11) is 0. The molecule has 3 N–H and O–H groups in total. The minimum atomic E-state index is -0.940. The van der Waals surface area contributed by atoms with Crippen LogP contribution in [0.25, 0.3) is 10.9 Å². The van der Waals surface area contributed by atoms with Crippen molar-refractivity contribution in [1.82, 2.24) is 20.2 Å². The van der Waals surface area contributed by atoms with E-state index < -0.39 is 23.3 Å². The highest BCUT2D eigenvalue weighted by atomic mass is 16.6. The van der Waals surface area contributed by atoms with Crippen molar-refractivity contribution in [1.29, 1.82) is 5.26 Å². The van der Waals surface area contributed by atoms with Crippen molar-refractivity contribution in [3.05, 3.63) is 64.1 Å². The van der Waals surface area contributed by atoms with Gasteiger partial charge in [-0.25, -0.2) is 4.79 Å². The Balaban J connectivity index is 1.98. The van der Waals surface area contributed by atoms with Crippen LogP contribution in [0.4, 0.5) is 4.79 Å². The van der Waals surface area contributed by atoms with Crippen molar-refractivity contribution in [2.24, 2.45) is 0 Å². The van der Waals surface area contributed by atoms with Crippen LogP contribution in [0.5, 0.6) is 11.6 Å². The van der Waals surface area contributed by atoms with E-state index in [1.54, 1.807) is 0 Å². The molecule has 2 aromatic heterocycles. The molecule has 0 spiro atoms. The Kier molecular flexibility index (Phi) is 6.47.